The number of hydrogen-bond acceptors (Lipinski definition) is 0. The Morgan fingerprint density at radius 3 is 0.917 bits per heavy atom. The van der Waals surface area contributed by atoms with Gasteiger partial charge in [-0.25, -0.2) is 0 Å². The molecule has 0 aromatic rings. The van der Waals surface area contributed by atoms with Crippen LogP contribution in [0.4, 0.5) is 0 Å². The monoisotopic (exact) mass is 202 g/mol. The van der Waals surface area contributed by atoms with Crippen LogP contribution in [0.1, 0.15) is 70.5 Å². The van der Waals surface area contributed by atoms with Crippen LogP contribution in [0.25, 0.3) is 0 Å². The van der Waals surface area contributed by atoms with Crippen molar-refractivity contribution < 1.29 is 33.8 Å². The predicted molar refractivity (Wildman–Crippen MR) is 65.7 cm³/mol. The molecule has 0 aromatic heterocycles. The maximum Gasteiger partial charge on any atom is 1.00 e. The molecule has 0 rings (SSSR count). The van der Waals surface area contributed by atoms with Gasteiger partial charge >= 0.3 is 29.6 Å². The summed E-state index contributed by atoms with van der Waals surface area (Å²) in [6.07, 6.45) is 8.15. The summed E-state index contributed by atoms with van der Waals surface area (Å²) in [5.41, 5.74) is 0. The summed E-state index contributed by atoms with van der Waals surface area (Å²) in [7, 11) is 0. The van der Waals surface area contributed by atoms with E-state index in [4.69, 9.17) is 0 Å². The van der Waals surface area contributed by atoms with E-state index in [9.17, 15) is 0 Å². The Morgan fingerprint density at radius 2 is 0.917 bits per heavy atom. The molecule has 76 valence electrons. The van der Waals surface area contributed by atoms with Crippen molar-refractivity contribution in [3.05, 3.63) is 0 Å². The molecule has 0 spiro atoms. The molecule has 0 amide bonds. The summed E-state index contributed by atoms with van der Waals surface area (Å²) >= 11 is 0. The molecule has 0 unspecified atom stereocenters. The first-order valence-electron chi connectivity index (χ1n) is 4.83. The first-order chi connectivity index (χ1) is 4.83. The Balaban J connectivity index is -0.0000000128. The van der Waals surface area contributed by atoms with Crippen molar-refractivity contribution in [1.82, 2.24) is 0 Å². The van der Waals surface area contributed by atoms with Gasteiger partial charge in [-0.3, -0.25) is 0 Å². The van der Waals surface area contributed by atoms with Gasteiger partial charge in [0.15, 0.2) is 17.4 Å². The normalized spacial score (nSPS) is 7.00. The zero-order chi connectivity index (χ0) is 8.24. The van der Waals surface area contributed by atoms with Crippen LogP contribution >= 0.6 is 0 Å². The molecular weight excluding hydrogens is 170 g/mol. The van der Waals surface area contributed by atoms with Gasteiger partial charge in [-0.05, 0) is 0 Å². The van der Waals surface area contributed by atoms with Crippen molar-refractivity contribution >= 4 is 17.4 Å². The Morgan fingerprint density at radius 1 is 0.750 bits per heavy atom. The van der Waals surface area contributed by atoms with E-state index in [1.807, 2.05) is 0 Å². The van der Waals surface area contributed by atoms with Crippen LogP contribution < -0.4 is 29.6 Å². The van der Waals surface area contributed by atoms with Crippen LogP contribution in [0.15, 0.2) is 0 Å². The molecule has 0 radical (unpaired) electrons. The van der Waals surface area contributed by atoms with Gasteiger partial charge in [-0.15, -0.1) is 0 Å². The van der Waals surface area contributed by atoms with Crippen LogP contribution in [0.3, 0.4) is 0 Å². The smallest absolute Gasteiger partial charge is 1.00 e. The fraction of sp³-hybridized carbons (Fsp3) is 1.00. The average molecular weight is 202 g/mol. The molecule has 0 saturated carbocycles. The fourth-order valence-corrected chi connectivity index (χ4v) is 0.707. The third-order valence-corrected chi connectivity index (χ3v) is 1.41. The van der Waals surface area contributed by atoms with Gasteiger partial charge in [-0.1, -0.05) is 66.2 Å². The van der Waals surface area contributed by atoms with Crippen LogP contribution in [0, 0.1) is 0 Å². The molecule has 0 aliphatic heterocycles. The molecule has 0 aromatic carbocycles. The van der Waals surface area contributed by atoms with Gasteiger partial charge in [0.1, 0.15) is 0 Å². The second-order valence-corrected chi connectivity index (χ2v) is 2.71. The van der Waals surface area contributed by atoms with E-state index >= 15 is 0 Å². The Bertz CT molecular complexity index is 41.6. The third kappa shape index (κ3) is 41.8. The quantitative estimate of drug-likeness (QED) is 0.592. The van der Waals surface area contributed by atoms with E-state index in [-0.39, 0.29) is 51.2 Å². The van der Waals surface area contributed by atoms with Gasteiger partial charge in [0.25, 0.3) is 0 Å². The van der Waals surface area contributed by atoms with Gasteiger partial charge in [0.05, 0.1) is 0 Å². The third-order valence-electron chi connectivity index (χ3n) is 1.41. The van der Waals surface area contributed by atoms with E-state index < -0.39 is 0 Å². The zero-order valence-electron chi connectivity index (χ0n) is 10.2. The van der Waals surface area contributed by atoms with Crippen molar-refractivity contribution in [1.29, 1.82) is 0 Å². The predicted octanol–water partition coefficient (Wildman–Crippen LogP) is 0.818. The number of unbranched alkanes of at least 4 members (excludes halogenated alkanes) is 4. The first-order valence-corrected chi connectivity index (χ1v) is 4.83. The van der Waals surface area contributed by atoms with E-state index in [0.717, 1.165) is 0 Å². The van der Waals surface area contributed by atoms with Gasteiger partial charge in [0, 0.05) is 2.85 Å². The summed E-state index contributed by atoms with van der Waals surface area (Å²) in [6, 6.07) is 0. The minimum Gasteiger partial charge on any atom is -1.00 e. The van der Waals surface area contributed by atoms with Crippen molar-refractivity contribution in [2.75, 3.05) is 0 Å². The Labute approximate surface area is 117 Å². The van der Waals surface area contributed by atoms with Crippen molar-refractivity contribution in [3.8, 4) is 0 Å². The van der Waals surface area contributed by atoms with E-state index in [1.165, 1.54) is 38.5 Å². The molecule has 0 atom stereocenters. The topological polar surface area (TPSA) is 0 Å². The molecule has 0 aliphatic rings. The van der Waals surface area contributed by atoms with Crippen LogP contribution in [-0.2, 0) is 0 Å². The molecule has 0 saturated heterocycles. The molecule has 0 heterocycles. The van der Waals surface area contributed by atoms with Crippen molar-refractivity contribution in [2.45, 2.75) is 66.2 Å². The standard InChI is InChI=1S/2C5H12.Al.Na.2H2.4H/c2*1-3-5-4-2;;;;;;;;/h2*3-5H2,1-2H3;;;2*1H;;;;/q;;;+1;;;;;;-1. The fourth-order valence-electron chi connectivity index (χ4n) is 0.707. The molecule has 0 fully saturated rings. The molecule has 0 bridgehead atoms. The minimum atomic E-state index is 0. The first kappa shape index (κ1) is 23.4. The van der Waals surface area contributed by atoms with E-state index in [1.54, 1.807) is 0 Å². The Hall–Kier alpha value is 1.53. The van der Waals surface area contributed by atoms with Gasteiger partial charge in [-0.2, -0.15) is 0 Å². The van der Waals surface area contributed by atoms with Crippen molar-refractivity contribution in [3.63, 3.8) is 0 Å². The minimum absolute atomic E-state index is 0. The molecule has 12 heavy (non-hydrogen) atoms. The van der Waals surface area contributed by atoms with Crippen LogP contribution in [-0.4, -0.2) is 17.4 Å². The van der Waals surface area contributed by atoms with Crippen molar-refractivity contribution in [2.24, 2.45) is 0 Å². The van der Waals surface area contributed by atoms with Crippen LogP contribution in [0.2, 0.25) is 0 Å². The van der Waals surface area contributed by atoms with E-state index in [2.05, 4.69) is 27.7 Å². The molecular formula is C10H32AlNa. The second kappa shape index (κ2) is 29.4. The maximum atomic E-state index is 2.21. The summed E-state index contributed by atoms with van der Waals surface area (Å²) in [5, 5.41) is 0. The zero-order valence-corrected chi connectivity index (χ0v) is 11.2. The molecule has 2 heteroatoms. The largest absolute Gasteiger partial charge is 1.00 e. The summed E-state index contributed by atoms with van der Waals surface area (Å²) < 4.78 is 0. The van der Waals surface area contributed by atoms with E-state index in [0.29, 0.717) is 0 Å². The SMILES string of the molecule is CCCCC.CCCCC.[AlH3].[H-].[HH].[HH].[Na+]. The maximum absolute atomic E-state index is 2.21. The Kier molecular flexibility index (Phi) is 57.3. The van der Waals surface area contributed by atoms with Gasteiger partial charge in [0.2, 0.25) is 0 Å². The summed E-state index contributed by atoms with van der Waals surface area (Å²) in [6.45, 7) is 8.85. The average Bonchev–Trinajstić information content (AvgIpc) is 1.93. The van der Waals surface area contributed by atoms with Crippen LogP contribution in [0.5, 0.6) is 0 Å². The number of rotatable bonds is 4. The summed E-state index contributed by atoms with van der Waals surface area (Å²) in [4.78, 5) is 0. The molecule has 0 nitrogen and oxygen atoms in total. The number of hydrogen-bond donors (Lipinski definition) is 0. The van der Waals surface area contributed by atoms with Gasteiger partial charge < -0.3 is 1.43 Å². The summed E-state index contributed by atoms with van der Waals surface area (Å²) in [5.74, 6) is 0. The molecule has 0 N–H and O–H groups in total. The molecule has 0 aliphatic carbocycles. The second-order valence-electron chi connectivity index (χ2n) is 2.71.